The zero-order valence-corrected chi connectivity index (χ0v) is 16.4. The Balaban J connectivity index is 1.53. The van der Waals surface area contributed by atoms with Gasteiger partial charge in [0, 0.05) is 50.5 Å². The first-order valence-electron chi connectivity index (χ1n) is 9.72. The molecule has 1 aromatic carbocycles. The summed E-state index contributed by atoms with van der Waals surface area (Å²) >= 11 is 0. The highest BCUT2D eigenvalue weighted by atomic mass is 15.3. The van der Waals surface area contributed by atoms with Crippen molar-refractivity contribution in [2.24, 2.45) is 0 Å². The van der Waals surface area contributed by atoms with Gasteiger partial charge in [0.2, 0.25) is 5.95 Å². The van der Waals surface area contributed by atoms with Crippen molar-refractivity contribution in [3.63, 3.8) is 0 Å². The predicted octanol–water partition coefficient (Wildman–Crippen LogP) is 3.66. The molecule has 1 saturated heterocycles. The van der Waals surface area contributed by atoms with Gasteiger partial charge in [-0.1, -0.05) is 6.07 Å². The molecule has 0 saturated carbocycles. The third kappa shape index (κ3) is 3.93. The largest absolute Gasteiger partial charge is 0.339 e. The molecule has 27 heavy (non-hydrogen) atoms. The molecule has 3 aromatic rings. The van der Waals surface area contributed by atoms with Gasteiger partial charge >= 0.3 is 0 Å². The lowest BCUT2D eigenvalue weighted by Crippen LogP contribution is -2.31. The Bertz CT molecular complexity index is 938. The van der Waals surface area contributed by atoms with Crippen molar-refractivity contribution in [2.45, 2.75) is 33.7 Å². The number of nitrogens with zero attached hydrogens (tertiary/aromatic N) is 5. The first-order valence-corrected chi connectivity index (χ1v) is 9.72. The fourth-order valence-corrected chi connectivity index (χ4v) is 3.75. The maximum Gasteiger partial charge on any atom is 0.226 e. The maximum absolute atomic E-state index is 4.90. The van der Waals surface area contributed by atoms with E-state index in [1.165, 1.54) is 16.7 Å². The summed E-state index contributed by atoms with van der Waals surface area (Å²) in [5.41, 5.74) is 5.97. The van der Waals surface area contributed by atoms with Gasteiger partial charge in [0.1, 0.15) is 0 Å². The second-order valence-electron chi connectivity index (χ2n) is 7.54. The van der Waals surface area contributed by atoms with Crippen LogP contribution in [0.4, 0.5) is 5.95 Å². The number of fused-ring (bicyclic) bond motifs is 1. The van der Waals surface area contributed by atoms with E-state index in [-0.39, 0.29) is 0 Å². The third-order valence-corrected chi connectivity index (χ3v) is 5.49. The molecule has 2 aromatic heterocycles. The van der Waals surface area contributed by atoms with E-state index in [9.17, 15) is 0 Å². The second-order valence-corrected chi connectivity index (χ2v) is 7.54. The molecule has 0 atom stereocenters. The fraction of sp³-hybridized carbons (Fsp3) is 0.409. The molecular weight excluding hydrogens is 334 g/mol. The molecule has 0 radical (unpaired) electrons. The Hall–Kier alpha value is -2.53. The average Bonchev–Trinajstić information content (AvgIpc) is 2.90. The van der Waals surface area contributed by atoms with Gasteiger partial charge in [-0.05, 0) is 62.1 Å². The average molecular weight is 361 g/mol. The van der Waals surface area contributed by atoms with E-state index in [2.05, 4.69) is 53.8 Å². The van der Waals surface area contributed by atoms with Crippen LogP contribution in [0, 0.1) is 20.8 Å². The van der Waals surface area contributed by atoms with Crippen LogP contribution in [0.25, 0.3) is 10.9 Å². The lowest BCUT2D eigenvalue weighted by atomic mass is 10.1. The first-order chi connectivity index (χ1) is 13.1. The molecule has 5 heteroatoms. The lowest BCUT2D eigenvalue weighted by Gasteiger charge is -2.22. The van der Waals surface area contributed by atoms with E-state index in [1.54, 1.807) is 0 Å². The minimum atomic E-state index is 0.867. The third-order valence-electron chi connectivity index (χ3n) is 5.49. The summed E-state index contributed by atoms with van der Waals surface area (Å²) in [4.78, 5) is 18.8. The van der Waals surface area contributed by atoms with Crippen LogP contribution in [0.3, 0.4) is 0 Å². The van der Waals surface area contributed by atoms with Crippen LogP contribution in [-0.2, 0) is 6.54 Å². The number of benzene rings is 1. The molecule has 1 aliphatic rings. The van der Waals surface area contributed by atoms with Crippen molar-refractivity contribution >= 4 is 16.9 Å². The summed E-state index contributed by atoms with van der Waals surface area (Å²) in [6, 6.07) is 8.56. The van der Waals surface area contributed by atoms with Gasteiger partial charge < -0.3 is 4.90 Å². The van der Waals surface area contributed by atoms with Gasteiger partial charge in [-0.2, -0.15) is 0 Å². The molecule has 0 unspecified atom stereocenters. The minimum Gasteiger partial charge on any atom is -0.339 e. The van der Waals surface area contributed by atoms with Crippen LogP contribution >= 0.6 is 0 Å². The van der Waals surface area contributed by atoms with Crippen molar-refractivity contribution < 1.29 is 0 Å². The van der Waals surface area contributed by atoms with Crippen molar-refractivity contribution in [1.82, 2.24) is 19.9 Å². The zero-order valence-electron chi connectivity index (χ0n) is 16.4. The summed E-state index contributed by atoms with van der Waals surface area (Å²) < 4.78 is 0. The summed E-state index contributed by atoms with van der Waals surface area (Å²) in [7, 11) is 0. The molecule has 1 fully saturated rings. The van der Waals surface area contributed by atoms with Gasteiger partial charge in [0.05, 0.1) is 11.2 Å². The SMILES string of the molecule is Cc1cc2nc(N3CCCN(Cc4cccnc4)CC3)nc(C)c2cc1C. The van der Waals surface area contributed by atoms with Crippen molar-refractivity contribution in [3.05, 3.63) is 59.0 Å². The Morgan fingerprint density at radius 2 is 1.81 bits per heavy atom. The number of rotatable bonds is 3. The summed E-state index contributed by atoms with van der Waals surface area (Å²) in [5.74, 6) is 0.867. The molecule has 0 amide bonds. The highest BCUT2D eigenvalue weighted by Gasteiger charge is 2.18. The number of aryl methyl sites for hydroxylation is 3. The van der Waals surface area contributed by atoms with Crippen molar-refractivity contribution in [1.29, 1.82) is 0 Å². The second kappa shape index (κ2) is 7.61. The monoisotopic (exact) mass is 361 g/mol. The standard InChI is InChI=1S/C22H27N5/c1-16-12-20-18(3)24-22(25-21(20)13-17(16)2)27-9-5-8-26(10-11-27)15-19-6-4-7-23-14-19/h4,6-7,12-14H,5,8-11,15H2,1-3H3. The molecule has 0 N–H and O–H groups in total. The van der Waals surface area contributed by atoms with Gasteiger partial charge in [-0.15, -0.1) is 0 Å². The van der Waals surface area contributed by atoms with Crippen molar-refractivity contribution in [2.75, 3.05) is 31.1 Å². The molecule has 0 aliphatic carbocycles. The molecule has 1 aliphatic heterocycles. The first kappa shape index (κ1) is 17.9. The van der Waals surface area contributed by atoms with E-state index >= 15 is 0 Å². The van der Waals surface area contributed by atoms with E-state index < -0.39 is 0 Å². The van der Waals surface area contributed by atoms with E-state index in [1.807, 2.05) is 18.5 Å². The smallest absolute Gasteiger partial charge is 0.226 e. The predicted molar refractivity (Wildman–Crippen MR) is 110 cm³/mol. The number of pyridine rings is 1. The Kier molecular flexibility index (Phi) is 5.03. The van der Waals surface area contributed by atoms with Crippen LogP contribution in [-0.4, -0.2) is 46.0 Å². The van der Waals surface area contributed by atoms with Gasteiger partial charge in [-0.3, -0.25) is 9.88 Å². The summed E-state index contributed by atoms with van der Waals surface area (Å²) in [5, 5.41) is 1.16. The van der Waals surface area contributed by atoms with E-state index in [4.69, 9.17) is 9.97 Å². The van der Waals surface area contributed by atoms with E-state index in [0.717, 1.165) is 61.7 Å². The highest BCUT2D eigenvalue weighted by molar-refractivity contribution is 5.83. The molecule has 4 rings (SSSR count). The molecule has 0 bridgehead atoms. The Morgan fingerprint density at radius 1 is 0.963 bits per heavy atom. The van der Waals surface area contributed by atoms with Crippen LogP contribution < -0.4 is 4.90 Å². The van der Waals surface area contributed by atoms with Crippen LogP contribution in [0.2, 0.25) is 0 Å². The normalized spacial score (nSPS) is 15.9. The Labute approximate surface area is 161 Å². The fourth-order valence-electron chi connectivity index (χ4n) is 3.75. The van der Waals surface area contributed by atoms with Gasteiger partial charge in [0.25, 0.3) is 0 Å². The maximum atomic E-state index is 4.90. The molecule has 3 heterocycles. The summed E-state index contributed by atoms with van der Waals surface area (Å²) in [6.07, 6.45) is 4.91. The quantitative estimate of drug-likeness (QED) is 0.712. The Morgan fingerprint density at radius 3 is 2.63 bits per heavy atom. The molecular formula is C22H27N5. The number of aromatic nitrogens is 3. The van der Waals surface area contributed by atoms with Crippen LogP contribution in [0.1, 0.15) is 28.8 Å². The highest BCUT2D eigenvalue weighted by Crippen LogP contribution is 2.23. The zero-order chi connectivity index (χ0) is 18.8. The van der Waals surface area contributed by atoms with Gasteiger partial charge in [-0.25, -0.2) is 9.97 Å². The number of hydrogen-bond donors (Lipinski definition) is 0. The number of hydrogen-bond acceptors (Lipinski definition) is 5. The molecule has 140 valence electrons. The molecule has 5 nitrogen and oxygen atoms in total. The van der Waals surface area contributed by atoms with Gasteiger partial charge in [0.15, 0.2) is 0 Å². The molecule has 0 spiro atoms. The topological polar surface area (TPSA) is 45.2 Å². The van der Waals surface area contributed by atoms with Crippen molar-refractivity contribution in [3.8, 4) is 0 Å². The van der Waals surface area contributed by atoms with E-state index in [0.29, 0.717) is 0 Å². The van der Waals surface area contributed by atoms with Crippen LogP contribution in [0.5, 0.6) is 0 Å². The minimum absolute atomic E-state index is 0.867. The summed E-state index contributed by atoms with van der Waals surface area (Å²) in [6.45, 7) is 11.4. The lowest BCUT2D eigenvalue weighted by molar-refractivity contribution is 0.285. The number of anilines is 1. The van der Waals surface area contributed by atoms with Crippen LogP contribution in [0.15, 0.2) is 36.7 Å².